The second kappa shape index (κ2) is 5.29. The first-order valence-corrected chi connectivity index (χ1v) is 6.92. The lowest BCUT2D eigenvalue weighted by Gasteiger charge is -2.34. The number of nitrogens with zero attached hydrogens (tertiary/aromatic N) is 1. The molecular weight excluding hydrogens is 224 g/mol. The van der Waals surface area contributed by atoms with Crippen LogP contribution in [0.3, 0.4) is 0 Å². The van der Waals surface area contributed by atoms with E-state index in [2.05, 4.69) is 28.4 Å². The smallest absolute Gasteiger partial charge is 0.123 e. The van der Waals surface area contributed by atoms with E-state index in [4.69, 9.17) is 4.74 Å². The molecule has 1 N–H and O–H groups in total. The maximum atomic E-state index is 5.43. The first kappa shape index (κ1) is 12.0. The molecule has 0 spiro atoms. The molecule has 1 aromatic carbocycles. The molecule has 98 valence electrons. The van der Waals surface area contributed by atoms with Gasteiger partial charge in [0.25, 0.3) is 0 Å². The molecule has 0 saturated carbocycles. The van der Waals surface area contributed by atoms with Gasteiger partial charge in [-0.15, -0.1) is 0 Å². The zero-order valence-electron chi connectivity index (χ0n) is 11.1. The van der Waals surface area contributed by atoms with Gasteiger partial charge in [0.05, 0.1) is 7.11 Å². The van der Waals surface area contributed by atoms with Crippen molar-refractivity contribution >= 4 is 0 Å². The Hall–Kier alpha value is -1.06. The Labute approximate surface area is 109 Å². The number of likely N-dealkylation sites (tertiary alicyclic amines) is 1. The summed E-state index contributed by atoms with van der Waals surface area (Å²) < 4.78 is 5.43. The summed E-state index contributed by atoms with van der Waals surface area (Å²) in [6.45, 7) is 5.91. The van der Waals surface area contributed by atoms with Gasteiger partial charge in [0.15, 0.2) is 0 Å². The van der Waals surface area contributed by atoms with Crippen molar-refractivity contribution in [1.82, 2.24) is 10.2 Å². The van der Waals surface area contributed by atoms with E-state index in [0.29, 0.717) is 0 Å². The second-order valence-corrected chi connectivity index (χ2v) is 5.51. The molecule has 3 heteroatoms. The van der Waals surface area contributed by atoms with E-state index in [1.165, 1.54) is 38.2 Å². The van der Waals surface area contributed by atoms with Crippen molar-refractivity contribution in [1.29, 1.82) is 0 Å². The van der Waals surface area contributed by atoms with Gasteiger partial charge in [-0.2, -0.15) is 0 Å². The third-order valence-corrected chi connectivity index (χ3v) is 4.38. The normalized spacial score (nSPS) is 28.1. The molecule has 2 unspecified atom stereocenters. The molecule has 2 atom stereocenters. The average Bonchev–Trinajstić information content (AvgIpc) is 2.87. The molecule has 2 fully saturated rings. The highest BCUT2D eigenvalue weighted by atomic mass is 16.5. The van der Waals surface area contributed by atoms with Gasteiger partial charge >= 0.3 is 0 Å². The number of hydrogen-bond donors (Lipinski definition) is 1. The number of fused-ring (bicyclic) bond motifs is 1. The number of para-hydroxylation sites is 1. The van der Waals surface area contributed by atoms with Crippen LogP contribution in [0.25, 0.3) is 0 Å². The molecule has 3 rings (SSSR count). The number of nitrogens with one attached hydrogen (secondary N) is 1. The minimum absolute atomic E-state index is 0.855. The van der Waals surface area contributed by atoms with Crippen LogP contribution in [0.5, 0.6) is 5.75 Å². The average molecular weight is 246 g/mol. The molecule has 0 amide bonds. The first-order valence-electron chi connectivity index (χ1n) is 6.92. The van der Waals surface area contributed by atoms with E-state index < -0.39 is 0 Å². The third-order valence-electron chi connectivity index (χ3n) is 4.38. The molecule has 0 radical (unpaired) electrons. The van der Waals surface area contributed by atoms with Crippen molar-refractivity contribution in [3.8, 4) is 5.75 Å². The molecule has 1 aromatic rings. The summed E-state index contributed by atoms with van der Waals surface area (Å²) in [5.41, 5.74) is 1.31. The lowest BCUT2D eigenvalue weighted by molar-refractivity contribution is 0.141. The molecule has 2 aliphatic heterocycles. The van der Waals surface area contributed by atoms with Crippen LogP contribution in [-0.2, 0) is 6.54 Å². The zero-order chi connectivity index (χ0) is 12.4. The molecule has 2 aliphatic rings. The zero-order valence-corrected chi connectivity index (χ0v) is 11.1. The van der Waals surface area contributed by atoms with E-state index in [9.17, 15) is 0 Å². The Kier molecular flexibility index (Phi) is 3.52. The standard InChI is InChI=1S/C15H22N2O/c1-18-15-5-3-2-4-13(15)10-17-7-6-12-8-16-9-14(12)11-17/h2-5,12,14,16H,6-11H2,1H3. The van der Waals surface area contributed by atoms with E-state index >= 15 is 0 Å². The van der Waals surface area contributed by atoms with Crippen molar-refractivity contribution in [2.45, 2.75) is 13.0 Å². The molecule has 3 nitrogen and oxygen atoms in total. The molecule has 0 aromatic heterocycles. The number of rotatable bonds is 3. The quantitative estimate of drug-likeness (QED) is 0.879. The highest BCUT2D eigenvalue weighted by molar-refractivity contribution is 5.33. The number of methoxy groups -OCH3 is 1. The van der Waals surface area contributed by atoms with E-state index in [-0.39, 0.29) is 0 Å². The second-order valence-electron chi connectivity index (χ2n) is 5.51. The summed E-state index contributed by atoms with van der Waals surface area (Å²) >= 11 is 0. The Morgan fingerprint density at radius 1 is 1.28 bits per heavy atom. The van der Waals surface area contributed by atoms with E-state index in [0.717, 1.165) is 24.1 Å². The van der Waals surface area contributed by atoms with Crippen LogP contribution in [0.1, 0.15) is 12.0 Å². The molecule has 0 bridgehead atoms. The summed E-state index contributed by atoms with van der Waals surface area (Å²) in [6, 6.07) is 8.37. The maximum absolute atomic E-state index is 5.43. The highest BCUT2D eigenvalue weighted by Crippen LogP contribution is 2.28. The van der Waals surface area contributed by atoms with Crippen LogP contribution in [0.15, 0.2) is 24.3 Å². The highest BCUT2D eigenvalue weighted by Gasteiger charge is 2.32. The molecular formula is C15H22N2O. The lowest BCUT2D eigenvalue weighted by Crippen LogP contribution is -2.39. The summed E-state index contributed by atoms with van der Waals surface area (Å²) in [5.74, 6) is 2.79. The Bertz CT molecular complexity index is 407. The number of hydrogen-bond acceptors (Lipinski definition) is 3. The number of ether oxygens (including phenoxy) is 1. The fourth-order valence-corrected chi connectivity index (χ4v) is 3.33. The molecule has 0 aliphatic carbocycles. The van der Waals surface area contributed by atoms with Crippen molar-refractivity contribution in [3.05, 3.63) is 29.8 Å². The van der Waals surface area contributed by atoms with Gasteiger partial charge in [-0.25, -0.2) is 0 Å². The maximum Gasteiger partial charge on any atom is 0.123 e. The van der Waals surface area contributed by atoms with Crippen molar-refractivity contribution in [3.63, 3.8) is 0 Å². The predicted molar refractivity (Wildman–Crippen MR) is 72.7 cm³/mol. The minimum Gasteiger partial charge on any atom is -0.496 e. The van der Waals surface area contributed by atoms with Gasteiger partial charge < -0.3 is 10.1 Å². The van der Waals surface area contributed by atoms with Gasteiger partial charge in [0.1, 0.15) is 5.75 Å². The summed E-state index contributed by atoms with van der Waals surface area (Å²) in [5, 5.41) is 3.52. The monoisotopic (exact) mass is 246 g/mol. The lowest BCUT2D eigenvalue weighted by atomic mass is 9.88. The Balaban J connectivity index is 1.66. The Morgan fingerprint density at radius 2 is 2.11 bits per heavy atom. The van der Waals surface area contributed by atoms with Crippen molar-refractivity contribution in [2.24, 2.45) is 11.8 Å². The van der Waals surface area contributed by atoms with Crippen LogP contribution < -0.4 is 10.1 Å². The Morgan fingerprint density at radius 3 is 3.00 bits per heavy atom. The largest absolute Gasteiger partial charge is 0.496 e. The minimum atomic E-state index is 0.855. The number of piperidine rings is 1. The summed E-state index contributed by atoms with van der Waals surface area (Å²) in [4.78, 5) is 2.58. The van der Waals surface area contributed by atoms with Crippen molar-refractivity contribution < 1.29 is 4.74 Å². The fourth-order valence-electron chi connectivity index (χ4n) is 3.33. The van der Waals surface area contributed by atoms with Gasteiger partial charge in [0, 0.05) is 18.7 Å². The first-order chi connectivity index (χ1) is 8.86. The number of benzene rings is 1. The SMILES string of the molecule is COc1ccccc1CN1CCC2CNCC2C1. The van der Waals surface area contributed by atoms with Crippen LogP contribution in [-0.4, -0.2) is 38.2 Å². The van der Waals surface area contributed by atoms with Crippen LogP contribution in [0, 0.1) is 11.8 Å². The fraction of sp³-hybridized carbons (Fsp3) is 0.600. The summed E-state index contributed by atoms with van der Waals surface area (Å²) in [6.07, 6.45) is 1.34. The van der Waals surface area contributed by atoms with Crippen LogP contribution >= 0.6 is 0 Å². The van der Waals surface area contributed by atoms with Crippen LogP contribution in [0.2, 0.25) is 0 Å². The summed E-state index contributed by atoms with van der Waals surface area (Å²) in [7, 11) is 1.76. The van der Waals surface area contributed by atoms with Gasteiger partial charge in [-0.3, -0.25) is 4.90 Å². The third kappa shape index (κ3) is 2.38. The van der Waals surface area contributed by atoms with Crippen molar-refractivity contribution in [2.75, 3.05) is 33.3 Å². The van der Waals surface area contributed by atoms with E-state index in [1.54, 1.807) is 7.11 Å². The van der Waals surface area contributed by atoms with Gasteiger partial charge in [0.2, 0.25) is 0 Å². The van der Waals surface area contributed by atoms with Gasteiger partial charge in [-0.1, -0.05) is 18.2 Å². The molecule has 18 heavy (non-hydrogen) atoms. The topological polar surface area (TPSA) is 24.5 Å². The molecule has 2 heterocycles. The van der Waals surface area contributed by atoms with E-state index in [1.807, 2.05) is 6.07 Å². The van der Waals surface area contributed by atoms with Gasteiger partial charge in [-0.05, 0) is 44.0 Å². The predicted octanol–water partition coefficient (Wildman–Crippen LogP) is 1.74. The molecule has 2 saturated heterocycles. The van der Waals surface area contributed by atoms with Crippen LogP contribution in [0.4, 0.5) is 0 Å².